The van der Waals surface area contributed by atoms with Gasteiger partial charge < -0.3 is 24.8 Å². The lowest BCUT2D eigenvalue weighted by atomic mass is 9.24. The maximum absolute atomic E-state index is 13.2. The average molecular weight is 839 g/mol. The van der Waals surface area contributed by atoms with Crippen molar-refractivity contribution in [3.05, 3.63) is 35.4 Å². The Kier molecular flexibility index (Phi) is 11.6. The van der Waals surface area contributed by atoms with Crippen molar-refractivity contribution in [1.82, 2.24) is 0 Å². The maximum Gasteiger partial charge on any atom is 0.309 e. The van der Waals surface area contributed by atoms with Crippen LogP contribution in [0.5, 0.6) is 0 Å². The highest BCUT2D eigenvalue weighted by Gasteiger charge is 2.82. The van der Waals surface area contributed by atoms with Gasteiger partial charge in [0.05, 0.1) is 24.2 Å². The Balaban J connectivity index is 1.16. The van der Waals surface area contributed by atoms with Crippen LogP contribution in [0.25, 0.3) is 0 Å². The van der Waals surface area contributed by atoms with Gasteiger partial charge in [-0.25, -0.2) is 0 Å². The minimum Gasteiger partial charge on any atom is -0.481 e. The summed E-state index contributed by atoms with van der Waals surface area (Å²) in [7, 11) is 1.75. The molecule has 1 aromatic rings. The summed E-state index contributed by atoms with van der Waals surface area (Å²) in [5.41, 5.74) is 0.711. The second-order valence-electron chi connectivity index (χ2n) is 24.0. The van der Waals surface area contributed by atoms with Crippen molar-refractivity contribution >= 4 is 5.97 Å². The first-order chi connectivity index (χ1) is 29.1. The third kappa shape index (κ3) is 6.55. The van der Waals surface area contributed by atoms with E-state index in [0.717, 1.165) is 95.8 Å². The monoisotopic (exact) mass is 839 g/mol. The Morgan fingerprint density at radius 3 is 2.28 bits per heavy atom. The van der Waals surface area contributed by atoms with Crippen LogP contribution in [-0.2, 0) is 27.1 Å². The Morgan fingerprint density at radius 2 is 1.56 bits per heavy atom. The molecule has 9 rings (SSSR count). The van der Waals surface area contributed by atoms with Crippen LogP contribution in [-0.4, -0.2) is 53.0 Å². The highest BCUT2D eigenvalue weighted by molar-refractivity contribution is 5.74. The van der Waals surface area contributed by atoms with Crippen LogP contribution < -0.4 is 0 Å². The second-order valence-corrected chi connectivity index (χ2v) is 24.0. The number of carbonyl (C=O) groups is 1. The predicted molar refractivity (Wildman–Crippen MR) is 241 cm³/mol. The second kappa shape index (κ2) is 15.9. The van der Waals surface area contributed by atoms with E-state index in [1.807, 2.05) is 0 Å². The molecule has 4 bridgehead atoms. The molecule has 1 saturated heterocycles. The molecule has 1 aliphatic heterocycles. The Bertz CT molecular complexity index is 1840. The molecule has 7 fully saturated rings. The molecule has 2 spiro atoms. The van der Waals surface area contributed by atoms with Gasteiger partial charge >= 0.3 is 5.97 Å². The lowest BCUT2D eigenvalue weighted by Gasteiger charge is -2.79. The Labute approximate surface area is 369 Å². The highest BCUT2D eigenvalue weighted by Crippen LogP contribution is 2.85. The van der Waals surface area contributed by atoms with E-state index in [-0.39, 0.29) is 56.9 Å². The Hall–Kier alpha value is -1.91. The van der Waals surface area contributed by atoms with E-state index in [4.69, 9.17) is 9.47 Å². The number of methoxy groups -OCH3 is 1. The SMILES string of the molecule is CCCC1C2(O)CC(O)C3C1(CCC14C#CCC(CCC5CCCCC5)CCC5(CCC31C)C1CC(C)(C(=O)O)CCC1(C)CCC54C)C(Cc1ccc(CCOC)cc1)O2. The van der Waals surface area contributed by atoms with Crippen LogP contribution in [0.4, 0.5) is 0 Å². The standard InChI is InChI=1S/C55H82O6/c1-7-12-43-54-33-32-53-24-11-15-39(17-16-38-13-9-8-10-14-38)22-25-52(44-37-49(3,47(57)58)27-26-48(44,2)28-30-51(52,53)5)31-29-50(53,4)46(54)42(56)36-55(43,59)61-45(54)35-41-20-18-40(19-21-41)23-34-60-6/h18-21,38-39,42-46,56,59H,7-10,12-17,22-23,25-37H2,1-6H3,(H,57,58). The van der Waals surface area contributed by atoms with Crippen LogP contribution in [0.15, 0.2) is 24.3 Å². The van der Waals surface area contributed by atoms with E-state index in [9.17, 15) is 20.1 Å². The molecular weight excluding hydrogens is 757 g/mol. The minimum absolute atomic E-state index is 0.0252. The molecule has 0 amide bonds. The number of carboxylic acids is 1. The lowest BCUT2D eigenvalue weighted by molar-refractivity contribution is -0.314. The molecule has 6 nitrogen and oxygen atoms in total. The maximum atomic E-state index is 13.2. The van der Waals surface area contributed by atoms with Crippen LogP contribution in [0.3, 0.4) is 0 Å². The van der Waals surface area contributed by atoms with Gasteiger partial charge in [0.25, 0.3) is 0 Å². The van der Waals surface area contributed by atoms with Crippen LogP contribution in [0, 0.1) is 79.3 Å². The van der Waals surface area contributed by atoms with E-state index in [1.165, 1.54) is 68.9 Å². The molecule has 61 heavy (non-hydrogen) atoms. The summed E-state index contributed by atoms with van der Waals surface area (Å²) in [6, 6.07) is 8.96. The number of rotatable bonds is 11. The van der Waals surface area contributed by atoms with Crippen molar-refractivity contribution in [3.63, 3.8) is 0 Å². The fourth-order valence-corrected chi connectivity index (χ4v) is 18.1. The summed E-state index contributed by atoms with van der Waals surface area (Å²) < 4.78 is 12.5. The smallest absolute Gasteiger partial charge is 0.309 e. The highest BCUT2D eigenvalue weighted by atomic mass is 16.6. The van der Waals surface area contributed by atoms with Crippen LogP contribution in [0.2, 0.25) is 0 Å². The van der Waals surface area contributed by atoms with Gasteiger partial charge in [0.2, 0.25) is 0 Å². The summed E-state index contributed by atoms with van der Waals surface area (Å²) >= 11 is 0. The molecule has 1 heterocycles. The predicted octanol–water partition coefficient (Wildman–Crippen LogP) is 11.7. The molecule has 14 unspecified atom stereocenters. The number of aliphatic hydroxyl groups is 2. The normalized spacial score (nSPS) is 47.9. The van der Waals surface area contributed by atoms with Crippen molar-refractivity contribution < 1.29 is 29.6 Å². The van der Waals surface area contributed by atoms with Gasteiger partial charge in [0, 0.05) is 42.6 Å². The number of aliphatic carboxylic acids is 1. The largest absolute Gasteiger partial charge is 0.481 e. The van der Waals surface area contributed by atoms with Crippen molar-refractivity contribution in [1.29, 1.82) is 0 Å². The topological polar surface area (TPSA) is 96.2 Å². The van der Waals surface area contributed by atoms with E-state index in [2.05, 4.69) is 70.7 Å². The summed E-state index contributed by atoms with van der Waals surface area (Å²) in [6.07, 6.45) is 24.4. The van der Waals surface area contributed by atoms with E-state index in [0.29, 0.717) is 18.4 Å². The third-order valence-corrected chi connectivity index (χ3v) is 21.5. The van der Waals surface area contributed by atoms with Crippen molar-refractivity contribution in [2.45, 2.75) is 207 Å². The van der Waals surface area contributed by atoms with Gasteiger partial charge in [-0.15, -0.1) is 5.92 Å². The van der Waals surface area contributed by atoms with Gasteiger partial charge in [-0.1, -0.05) is 103 Å². The summed E-state index contributed by atoms with van der Waals surface area (Å²) in [6.45, 7) is 12.8. The van der Waals surface area contributed by atoms with Crippen molar-refractivity contribution in [2.24, 2.45) is 67.5 Å². The zero-order valence-electron chi connectivity index (χ0n) is 39.1. The molecule has 0 radical (unpaired) electrons. The van der Waals surface area contributed by atoms with Gasteiger partial charge in [-0.3, -0.25) is 4.79 Å². The quantitative estimate of drug-likeness (QED) is 0.192. The van der Waals surface area contributed by atoms with Gasteiger partial charge in [0.1, 0.15) is 0 Å². The molecule has 0 aromatic heterocycles. The molecule has 6 heteroatoms. The molecule has 7 aliphatic carbocycles. The molecule has 3 N–H and O–H groups in total. The Morgan fingerprint density at radius 1 is 0.836 bits per heavy atom. The summed E-state index contributed by atoms with van der Waals surface area (Å²) in [5.74, 6) is 8.12. The molecule has 1 aromatic carbocycles. The van der Waals surface area contributed by atoms with Crippen LogP contribution in [0.1, 0.15) is 187 Å². The first-order valence-electron chi connectivity index (χ1n) is 25.5. The summed E-state index contributed by atoms with van der Waals surface area (Å²) in [5, 5.41) is 36.5. The number of fused-ring (bicyclic) bond motifs is 3. The van der Waals surface area contributed by atoms with Crippen molar-refractivity contribution in [3.8, 4) is 11.8 Å². The molecule has 8 aliphatic rings. The average Bonchev–Trinajstić information content (AvgIpc) is 3.40. The fourth-order valence-electron chi connectivity index (χ4n) is 18.1. The zero-order chi connectivity index (χ0) is 43.1. The van der Waals surface area contributed by atoms with Gasteiger partial charge in [-0.05, 0) is 154 Å². The number of carboxylic acid groups (broad SMARTS) is 1. The van der Waals surface area contributed by atoms with Gasteiger partial charge in [-0.2, -0.15) is 0 Å². The van der Waals surface area contributed by atoms with Crippen LogP contribution >= 0.6 is 0 Å². The molecule has 6 saturated carbocycles. The van der Waals surface area contributed by atoms with Crippen molar-refractivity contribution in [2.75, 3.05) is 13.7 Å². The fraction of sp³-hybridized carbons (Fsp3) is 0.836. The number of ether oxygens (including phenoxy) is 2. The first-order valence-corrected chi connectivity index (χ1v) is 25.5. The minimum atomic E-state index is -1.34. The van der Waals surface area contributed by atoms with Gasteiger partial charge in [0.15, 0.2) is 5.79 Å². The molecular formula is C55H82O6. The molecule has 338 valence electrons. The van der Waals surface area contributed by atoms with E-state index >= 15 is 0 Å². The van der Waals surface area contributed by atoms with E-state index < -0.39 is 23.3 Å². The summed E-state index contributed by atoms with van der Waals surface area (Å²) in [4.78, 5) is 13.2. The molecule has 14 atom stereocenters. The number of hydrogen-bond donors (Lipinski definition) is 3. The van der Waals surface area contributed by atoms with E-state index in [1.54, 1.807) is 7.11 Å². The zero-order valence-corrected chi connectivity index (χ0v) is 39.1. The number of benzene rings is 1. The number of aliphatic hydroxyl groups excluding tert-OH is 1. The first kappa shape index (κ1) is 44.3. The lowest BCUT2D eigenvalue weighted by Crippen LogP contribution is -2.75. The number of hydrogen-bond acceptors (Lipinski definition) is 5. The third-order valence-electron chi connectivity index (χ3n) is 21.5.